The number of halogens is 1. The molecule has 2 aliphatic rings. The van der Waals surface area contributed by atoms with E-state index in [1.54, 1.807) is 36.1 Å². The Morgan fingerprint density at radius 2 is 1.52 bits per heavy atom. The molecule has 2 heterocycles. The van der Waals surface area contributed by atoms with E-state index in [9.17, 15) is 18.8 Å². The van der Waals surface area contributed by atoms with Crippen molar-refractivity contribution < 1.29 is 18.8 Å². The van der Waals surface area contributed by atoms with Crippen LogP contribution < -0.4 is 9.80 Å². The lowest BCUT2D eigenvalue weighted by molar-refractivity contribution is -0.137. The molecule has 7 nitrogen and oxygen atoms in total. The van der Waals surface area contributed by atoms with Gasteiger partial charge >= 0.3 is 6.03 Å². The van der Waals surface area contributed by atoms with Crippen LogP contribution in [0.25, 0.3) is 0 Å². The van der Waals surface area contributed by atoms with Gasteiger partial charge in [0.2, 0.25) is 5.91 Å². The second-order valence-electron chi connectivity index (χ2n) is 7.93. The van der Waals surface area contributed by atoms with Gasteiger partial charge in [-0.15, -0.1) is 0 Å². The number of rotatable bonds is 4. The van der Waals surface area contributed by atoms with Gasteiger partial charge in [0, 0.05) is 37.6 Å². The van der Waals surface area contributed by atoms with Crippen LogP contribution in [0.1, 0.15) is 12.5 Å². The Bertz CT molecular complexity index is 985. The van der Waals surface area contributed by atoms with Crippen molar-refractivity contribution in [1.82, 2.24) is 9.80 Å². The third-order valence-corrected chi connectivity index (χ3v) is 5.88. The van der Waals surface area contributed by atoms with Crippen molar-refractivity contribution in [2.45, 2.75) is 19.9 Å². The van der Waals surface area contributed by atoms with E-state index >= 15 is 0 Å². The highest BCUT2D eigenvalue weighted by atomic mass is 19.1. The Labute approximate surface area is 180 Å². The minimum atomic E-state index is -0.654. The molecule has 2 saturated heterocycles. The molecule has 4 amide bonds. The third kappa shape index (κ3) is 4.10. The van der Waals surface area contributed by atoms with E-state index in [1.165, 1.54) is 17.0 Å². The van der Waals surface area contributed by atoms with Crippen LogP contribution in [0.5, 0.6) is 0 Å². The van der Waals surface area contributed by atoms with Crippen LogP contribution in [-0.4, -0.2) is 66.4 Å². The van der Waals surface area contributed by atoms with Gasteiger partial charge in [-0.1, -0.05) is 17.7 Å². The summed E-state index contributed by atoms with van der Waals surface area (Å²) in [6.45, 7) is 5.52. The number of carbonyl (C=O) groups excluding carboxylic acids is 3. The molecule has 8 heteroatoms. The van der Waals surface area contributed by atoms with Crippen molar-refractivity contribution in [2.24, 2.45) is 0 Å². The molecule has 0 unspecified atom stereocenters. The number of imide groups is 1. The highest BCUT2D eigenvalue weighted by molar-refractivity contribution is 6.15. The lowest BCUT2D eigenvalue weighted by Crippen LogP contribution is -2.52. The van der Waals surface area contributed by atoms with Gasteiger partial charge in [0.25, 0.3) is 5.91 Å². The molecule has 0 N–H and O–H groups in total. The number of nitrogens with zero attached hydrogens (tertiary/aromatic N) is 4. The number of hydrogen-bond acceptors (Lipinski definition) is 4. The summed E-state index contributed by atoms with van der Waals surface area (Å²) in [6, 6.07) is 12.5. The smallest absolute Gasteiger partial charge is 0.332 e. The van der Waals surface area contributed by atoms with E-state index in [2.05, 4.69) is 4.90 Å². The lowest BCUT2D eigenvalue weighted by Gasteiger charge is -2.36. The van der Waals surface area contributed by atoms with E-state index in [0.29, 0.717) is 31.9 Å². The van der Waals surface area contributed by atoms with Gasteiger partial charge < -0.3 is 9.80 Å². The second kappa shape index (κ2) is 8.37. The molecule has 31 heavy (non-hydrogen) atoms. The summed E-state index contributed by atoms with van der Waals surface area (Å²) >= 11 is 0. The fourth-order valence-corrected chi connectivity index (χ4v) is 4.01. The first-order valence-corrected chi connectivity index (χ1v) is 10.3. The van der Waals surface area contributed by atoms with Crippen molar-refractivity contribution in [1.29, 1.82) is 0 Å². The summed E-state index contributed by atoms with van der Waals surface area (Å²) < 4.78 is 13.1. The lowest BCUT2D eigenvalue weighted by atomic mass is 10.2. The van der Waals surface area contributed by atoms with E-state index in [4.69, 9.17) is 0 Å². The highest BCUT2D eigenvalue weighted by Gasteiger charge is 2.44. The summed E-state index contributed by atoms with van der Waals surface area (Å²) in [5, 5.41) is 0. The summed E-state index contributed by atoms with van der Waals surface area (Å²) in [4.78, 5) is 44.7. The molecule has 162 valence electrons. The maximum Gasteiger partial charge on any atom is 0.332 e. The number of aryl methyl sites for hydroxylation is 1. The Kier molecular flexibility index (Phi) is 5.63. The molecule has 0 aliphatic carbocycles. The zero-order valence-corrected chi connectivity index (χ0v) is 17.6. The van der Waals surface area contributed by atoms with Crippen LogP contribution in [0.3, 0.4) is 0 Å². The molecular weight excluding hydrogens is 399 g/mol. The van der Waals surface area contributed by atoms with E-state index < -0.39 is 12.1 Å². The molecule has 4 rings (SSSR count). The first-order chi connectivity index (χ1) is 14.8. The van der Waals surface area contributed by atoms with E-state index in [0.717, 1.165) is 16.2 Å². The van der Waals surface area contributed by atoms with Crippen LogP contribution in [0, 0.1) is 12.7 Å². The van der Waals surface area contributed by atoms with Gasteiger partial charge in [0.15, 0.2) is 0 Å². The summed E-state index contributed by atoms with van der Waals surface area (Å²) in [5.74, 6) is -0.909. The average Bonchev–Trinajstić information content (AvgIpc) is 2.98. The number of amides is 4. The van der Waals surface area contributed by atoms with Gasteiger partial charge in [0.05, 0.1) is 0 Å². The molecule has 1 atom stereocenters. The summed E-state index contributed by atoms with van der Waals surface area (Å²) in [7, 11) is 0. The SMILES string of the molecule is Cc1ccc(N2C(=O)N(CC(=O)N3CCN(c4ccc(F)cc4)CC3)C(=O)[C@@H]2C)cc1. The predicted molar refractivity (Wildman–Crippen MR) is 115 cm³/mol. The molecule has 0 aromatic heterocycles. The molecule has 2 aliphatic heterocycles. The van der Waals surface area contributed by atoms with E-state index in [1.807, 2.05) is 19.1 Å². The van der Waals surface area contributed by atoms with Crippen molar-refractivity contribution in [3.05, 3.63) is 59.9 Å². The number of piperazine rings is 1. The van der Waals surface area contributed by atoms with Crippen molar-refractivity contribution >= 4 is 29.2 Å². The molecular formula is C23H25FN4O3. The quantitative estimate of drug-likeness (QED) is 0.708. The van der Waals surface area contributed by atoms with Crippen LogP contribution in [-0.2, 0) is 9.59 Å². The van der Waals surface area contributed by atoms with Crippen LogP contribution in [0.4, 0.5) is 20.6 Å². The number of anilines is 2. The zero-order chi connectivity index (χ0) is 22.1. The Balaban J connectivity index is 1.38. The minimum Gasteiger partial charge on any atom is -0.368 e. The Hall–Kier alpha value is -3.42. The monoisotopic (exact) mass is 424 g/mol. The molecule has 2 fully saturated rings. The van der Waals surface area contributed by atoms with Gasteiger partial charge in [-0.3, -0.25) is 19.4 Å². The standard InChI is InChI=1S/C23H25FN4O3/c1-16-3-7-20(8-4-16)28-17(2)22(30)27(23(28)31)15-21(29)26-13-11-25(12-14-26)19-9-5-18(24)6-10-19/h3-10,17H,11-15H2,1-2H3/t17-/m0/s1. The number of carbonyl (C=O) groups is 3. The zero-order valence-electron chi connectivity index (χ0n) is 17.6. The maximum atomic E-state index is 13.1. The maximum absolute atomic E-state index is 13.1. The van der Waals surface area contributed by atoms with Crippen molar-refractivity contribution in [3.63, 3.8) is 0 Å². The second-order valence-corrected chi connectivity index (χ2v) is 7.93. The van der Waals surface area contributed by atoms with Crippen LogP contribution >= 0.6 is 0 Å². The normalized spacial score (nSPS) is 19.4. The van der Waals surface area contributed by atoms with Gasteiger partial charge in [-0.25, -0.2) is 9.18 Å². The molecule has 0 spiro atoms. The number of benzene rings is 2. The largest absolute Gasteiger partial charge is 0.368 e. The number of hydrogen-bond donors (Lipinski definition) is 0. The topological polar surface area (TPSA) is 64.2 Å². The Morgan fingerprint density at radius 3 is 2.13 bits per heavy atom. The van der Waals surface area contributed by atoms with Gasteiger partial charge in [0.1, 0.15) is 18.4 Å². The van der Waals surface area contributed by atoms with Gasteiger partial charge in [-0.05, 0) is 50.2 Å². The van der Waals surface area contributed by atoms with Crippen molar-refractivity contribution in [3.8, 4) is 0 Å². The van der Waals surface area contributed by atoms with Crippen LogP contribution in [0.2, 0.25) is 0 Å². The van der Waals surface area contributed by atoms with Crippen LogP contribution in [0.15, 0.2) is 48.5 Å². The van der Waals surface area contributed by atoms with E-state index in [-0.39, 0.29) is 24.2 Å². The molecule has 2 aromatic carbocycles. The fourth-order valence-electron chi connectivity index (χ4n) is 4.01. The fraction of sp³-hybridized carbons (Fsp3) is 0.348. The van der Waals surface area contributed by atoms with Crippen molar-refractivity contribution in [2.75, 3.05) is 42.5 Å². The molecule has 0 bridgehead atoms. The Morgan fingerprint density at radius 1 is 0.935 bits per heavy atom. The average molecular weight is 424 g/mol. The van der Waals surface area contributed by atoms with Gasteiger partial charge in [-0.2, -0.15) is 0 Å². The predicted octanol–water partition coefficient (Wildman–Crippen LogP) is 2.64. The summed E-state index contributed by atoms with van der Waals surface area (Å²) in [5.41, 5.74) is 2.60. The minimum absolute atomic E-state index is 0.251. The number of urea groups is 1. The molecule has 2 aromatic rings. The third-order valence-electron chi connectivity index (χ3n) is 5.88. The molecule has 0 radical (unpaired) electrons. The highest BCUT2D eigenvalue weighted by Crippen LogP contribution is 2.26. The summed E-state index contributed by atoms with van der Waals surface area (Å²) in [6.07, 6.45) is 0. The first kappa shape index (κ1) is 20.8. The first-order valence-electron chi connectivity index (χ1n) is 10.3. The molecule has 0 saturated carbocycles.